The summed E-state index contributed by atoms with van der Waals surface area (Å²) < 4.78 is 1.98. The molecule has 31 heavy (non-hydrogen) atoms. The van der Waals surface area contributed by atoms with Gasteiger partial charge in [0.1, 0.15) is 11.7 Å². The molecule has 0 N–H and O–H groups in total. The summed E-state index contributed by atoms with van der Waals surface area (Å²) in [6.45, 7) is 0. The van der Waals surface area contributed by atoms with Crippen molar-refractivity contribution in [3.05, 3.63) is 130 Å². The Bertz CT molecular complexity index is 1310. The standard InChI is InChI=1S/C26H19N3O2/c30-29(31)22-16-17-24-23(18-22)25(19-10-4-1-5-11-19)27-28(24)26(20-12-6-2-7-13-20)21-14-8-3-9-15-21/h1-18,26H. The van der Waals surface area contributed by atoms with E-state index in [9.17, 15) is 10.1 Å². The molecule has 0 atom stereocenters. The van der Waals surface area contributed by atoms with Gasteiger partial charge in [-0.3, -0.25) is 14.8 Å². The average Bonchev–Trinajstić information content (AvgIpc) is 3.20. The lowest BCUT2D eigenvalue weighted by atomic mass is 9.98. The summed E-state index contributed by atoms with van der Waals surface area (Å²) in [4.78, 5) is 11.1. The van der Waals surface area contributed by atoms with Crippen LogP contribution in [0.4, 0.5) is 5.69 Å². The highest BCUT2D eigenvalue weighted by atomic mass is 16.6. The van der Waals surface area contributed by atoms with Crippen molar-refractivity contribution in [2.45, 2.75) is 6.04 Å². The molecule has 5 nitrogen and oxygen atoms in total. The van der Waals surface area contributed by atoms with Gasteiger partial charge in [-0.1, -0.05) is 91.0 Å². The van der Waals surface area contributed by atoms with Crippen LogP contribution < -0.4 is 0 Å². The van der Waals surface area contributed by atoms with Gasteiger partial charge >= 0.3 is 0 Å². The summed E-state index contributed by atoms with van der Waals surface area (Å²) in [5, 5.41) is 17.2. The van der Waals surface area contributed by atoms with Crippen LogP contribution in [0.15, 0.2) is 109 Å². The van der Waals surface area contributed by atoms with E-state index in [0.717, 1.165) is 33.3 Å². The van der Waals surface area contributed by atoms with Gasteiger partial charge in [-0.05, 0) is 17.2 Å². The Morgan fingerprint density at radius 3 is 1.84 bits per heavy atom. The number of non-ortho nitro benzene ring substituents is 1. The molecule has 5 heteroatoms. The maximum Gasteiger partial charge on any atom is 0.270 e. The number of nitro benzene ring substituents is 1. The Hall–Kier alpha value is -4.25. The summed E-state index contributed by atoms with van der Waals surface area (Å²) in [5.74, 6) is 0. The molecule has 0 radical (unpaired) electrons. The molecule has 1 heterocycles. The minimum atomic E-state index is -0.364. The summed E-state index contributed by atoms with van der Waals surface area (Å²) in [5.41, 5.74) is 4.75. The monoisotopic (exact) mass is 405 g/mol. The molecule has 5 rings (SSSR count). The Balaban J connectivity index is 1.81. The first-order valence-corrected chi connectivity index (χ1v) is 10.0. The van der Waals surface area contributed by atoms with Gasteiger partial charge in [0.25, 0.3) is 5.69 Å². The molecule has 0 spiro atoms. The molecule has 0 aliphatic heterocycles. The van der Waals surface area contributed by atoms with Gasteiger partial charge in [-0.15, -0.1) is 0 Å². The number of aromatic nitrogens is 2. The van der Waals surface area contributed by atoms with Crippen LogP contribution in [0.1, 0.15) is 17.2 Å². The number of benzene rings is 4. The van der Waals surface area contributed by atoms with Gasteiger partial charge in [0.2, 0.25) is 0 Å². The second-order valence-corrected chi connectivity index (χ2v) is 7.34. The Morgan fingerprint density at radius 1 is 0.742 bits per heavy atom. The van der Waals surface area contributed by atoms with Gasteiger partial charge in [0.05, 0.1) is 10.4 Å². The molecule has 0 fully saturated rings. The number of hydrogen-bond donors (Lipinski definition) is 0. The van der Waals surface area contributed by atoms with E-state index in [2.05, 4.69) is 24.3 Å². The predicted octanol–water partition coefficient (Wildman–Crippen LogP) is 6.25. The number of nitrogens with zero attached hydrogens (tertiary/aromatic N) is 3. The third kappa shape index (κ3) is 3.46. The molecular formula is C26H19N3O2. The van der Waals surface area contributed by atoms with Crippen molar-refractivity contribution in [1.82, 2.24) is 9.78 Å². The topological polar surface area (TPSA) is 61.0 Å². The minimum absolute atomic E-state index is 0.0557. The van der Waals surface area contributed by atoms with Crippen molar-refractivity contribution in [2.75, 3.05) is 0 Å². The summed E-state index contributed by atoms with van der Waals surface area (Å²) >= 11 is 0. The zero-order valence-corrected chi connectivity index (χ0v) is 16.6. The number of nitro groups is 1. The lowest BCUT2D eigenvalue weighted by Gasteiger charge is -2.20. The van der Waals surface area contributed by atoms with Crippen molar-refractivity contribution in [3.63, 3.8) is 0 Å². The number of hydrogen-bond acceptors (Lipinski definition) is 3. The van der Waals surface area contributed by atoms with E-state index in [1.165, 1.54) is 0 Å². The molecule has 0 bridgehead atoms. The quantitative estimate of drug-likeness (QED) is 0.256. The second-order valence-electron chi connectivity index (χ2n) is 7.34. The lowest BCUT2D eigenvalue weighted by molar-refractivity contribution is -0.384. The van der Waals surface area contributed by atoms with Crippen LogP contribution >= 0.6 is 0 Å². The fraction of sp³-hybridized carbons (Fsp3) is 0.0385. The van der Waals surface area contributed by atoms with E-state index in [0.29, 0.717) is 0 Å². The van der Waals surface area contributed by atoms with E-state index in [-0.39, 0.29) is 16.7 Å². The largest absolute Gasteiger partial charge is 0.270 e. The first-order valence-electron chi connectivity index (χ1n) is 10.0. The molecule has 0 aliphatic carbocycles. The smallest absolute Gasteiger partial charge is 0.258 e. The zero-order valence-electron chi connectivity index (χ0n) is 16.6. The van der Waals surface area contributed by atoms with Crippen molar-refractivity contribution >= 4 is 16.6 Å². The highest BCUT2D eigenvalue weighted by Gasteiger charge is 2.23. The summed E-state index contributed by atoms with van der Waals surface area (Å²) in [7, 11) is 0. The van der Waals surface area contributed by atoms with Gasteiger partial charge in [-0.25, -0.2) is 0 Å². The summed E-state index contributed by atoms with van der Waals surface area (Å²) in [6, 6.07) is 35.0. The number of fused-ring (bicyclic) bond motifs is 1. The molecule has 4 aromatic carbocycles. The van der Waals surface area contributed by atoms with E-state index >= 15 is 0 Å². The Labute approximate surface area is 179 Å². The second kappa shape index (κ2) is 7.88. The zero-order chi connectivity index (χ0) is 21.2. The molecule has 0 amide bonds. The third-order valence-corrected chi connectivity index (χ3v) is 5.42. The van der Waals surface area contributed by atoms with E-state index in [4.69, 9.17) is 5.10 Å². The van der Waals surface area contributed by atoms with Crippen LogP contribution in [0.3, 0.4) is 0 Å². The Kier molecular flexibility index (Phi) is 4.77. The predicted molar refractivity (Wildman–Crippen MR) is 122 cm³/mol. The molecule has 0 saturated carbocycles. The molecule has 5 aromatic rings. The van der Waals surface area contributed by atoms with Crippen LogP contribution in [0, 0.1) is 10.1 Å². The van der Waals surface area contributed by atoms with Crippen LogP contribution in [-0.4, -0.2) is 14.7 Å². The van der Waals surface area contributed by atoms with Crippen molar-refractivity contribution in [2.24, 2.45) is 0 Å². The van der Waals surface area contributed by atoms with Crippen LogP contribution in [0.2, 0.25) is 0 Å². The SMILES string of the molecule is O=[N+]([O-])c1ccc2c(c1)c(-c1ccccc1)nn2C(c1ccccc1)c1ccccc1. The van der Waals surface area contributed by atoms with E-state index < -0.39 is 0 Å². The van der Waals surface area contributed by atoms with Gasteiger partial charge in [0, 0.05) is 23.1 Å². The van der Waals surface area contributed by atoms with Crippen LogP contribution in [-0.2, 0) is 0 Å². The molecule has 1 aromatic heterocycles. The van der Waals surface area contributed by atoms with Gasteiger partial charge < -0.3 is 0 Å². The molecule has 0 aliphatic rings. The van der Waals surface area contributed by atoms with Crippen molar-refractivity contribution in [1.29, 1.82) is 0 Å². The van der Waals surface area contributed by atoms with E-state index in [1.807, 2.05) is 71.4 Å². The fourth-order valence-electron chi connectivity index (χ4n) is 3.99. The highest BCUT2D eigenvalue weighted by Crippen LogP contribution is 2.36. The van der Waals surface area contributed by atoms with Crippen LogP contribution in [0.25, 0.3) is 22.2 Å². The minimum Gasteiger partial charge on any atom is -0.258 e. The fourth-order valence-corrected chi connectivity index (χ4v) is 3.99. The molecule has 0 saturated heterocycles. The Morgan fingerprint density at radius 2 is 1.29 bits per heavy atom. The summed E-state index contributed by atoms with van der Waals surface area (Å²) in [6.07, 6.45) is 0. The molecule has 0 unspecified atom stereocenters. The van der Waals surface area contributed by atoms with Gasteiger partial charge in [-0.2, -0.15) is 5.10 Å². The first kappa shape index (κ1) is 18.8. The molecule has 150 valence electrons. The maximum atomic E-state index is 11.5. The highest BCUT2D eigenvalue weighted by molar-refractivity contribution is 5.95. The molecular weight excluding hydrogens is 386 g/mol. The lowest BCUT2D eigenvalue weighted by Crippen LogP contribution is -2.13. The number of rotatable bonds is 5. The van der Waals surface area contributed by atoms with Gasteiger partial charge in [0.15, 0.2) is 0 Å². The normalized spacial score (nSPS) is 11.1. The first-order chi connectivity index (χ1) is 15.2. The van der Waals surface area contributed by atoms with E-state index in [1.54, 1.807) is 18.2 Å². The van der Waals surface area contributed by atoms with Crippen molar-refractivity contribution in [3.8, 4) is 11.3 Å². The van der Waals surface area contributed by atoms with Crippen LogP contribution in [0.5, 0.6) is 0 Å². The maximum absolute atomic E-state index is 11.5. The van der Waals surface area contributed by atoms with Crippen molar-refractivity contribution < 1.29 is 4.92 Å². The third-order valence-electron chi connectivity index (χ3n) is 5.42. The average molecular weight is 405 g/mol.